The predicted octanol–water partition coefficient (Wildman–Crippen LogP) is 1.68. The molecule has 0 spiro atoms. The van der Waals surface area contributed by atoms with Crippen molar-refractivity contribution in [2.45, 2.75) is 26.3 Å². The van der Waals surface area contributed by atoms with E-state index in [0.29, 0.717) is 24.5 Å². The fourth-order valence-corrected chi connectivity index (χ4v) is 2.28. The number of nitrogens with two attached hydrogens (primary N) is 1. The smallest absolute Gasteiger partial charge is 0.220 e. The van der Waals surface area contributed by atoms with Crippen LogP contribution in [0.5, 0.6) is 0 Å². The van der Waals surface area contributed by atoms with Crippen LogP contribution in [0.25, 0.3) is 0 Å². The molecule has 5 nitrogen and oxygen atoms in total. The van der Waals surface area contributed by atoms with E-state index < -0.39 is 0 Å². The molecule has 100 valence electrons. The van der Waals surface area contributed by atoms with Crippen molar-refractivity contribution >= 4 is 22.4 Å². The van der Waals surface area contributed by atoms with Gasteiger partial charge in [-0.3, -0.25) is 9.78 Å². The van der Waals surface area contributed by atoms with Crippen molar-refractivity contribution < 1.29 is 4.79 Å². The van der Waals surface area contributed by atoms with E-state index in [2.05, 4.69) is 15.3 Å². The average molecular weight is 276 g/mol. The molecular formula is C13H16N4OS. The summed E-state index contributed by atoms with van der Waals surface area (Å²) in [7, 11) is 0. The Labute approximate surface area is 115 Å². The van der Waals surface area contributed by atoms with Crippen molar-refractivity contribution in [1.82, 2.24) is 15.3 Å². The fraction of sp³-hybridized carbons (Fsp3) is 0.308. The largest absolute Gasteiger partial charge is 0.375 e. The normalized spacial score (nSPS) is 10.4. The maximum Gasteiger partial charge on any atom is 0.220 e. The van der Waals surface area contributed by atoms with Gasteiger partial charge in [0.05, 0.1) is 5.69 Å². The van der Waals surface area contributed by atoms with Crippen LogP contribution in [0.2, 0.25) is 0 Å². The highest BCUT2D eigenvalue weighted by molar-refractivity contribution is 7.13. The molecule has 2 aromatic heterocycles. The van der Waals surface area contributed by atoms with Crippen LogP contribution < -0.4 is 11.1 Å². The number of aromatic nitrogens is 2. The van der Waals surface area contributed by atoms with Crippen molar-refractivity contribution in [3.05, 3.63) is 40.7 Å². The lowest BCUT2D eigenvalue weighted by atomic mass is 10.2. The summed E-state index contributed by atoms with van der Waals surface area (Å²) in [6.45, 7) is 2.46. The summed E-state index contributed by atoms with van der Waals surface area (Å²) in [6, 6.07) is 3.86. The molecule has 0 fully saturated rings. The molecule has 0 saturated heterocycles. The number of nitrogen functional groups attached to an aromatic ring is 1. The first kappa shape index (κ1) is 13.5. The van der Waals surface area contributed by atoms with Crippen molar-refractivity contribution in [2.75, 3.05) is 5.73 Å². The second-order valence-electron chi connectivity index (χ2n) is 4.26. The number of anilines is 1. The van der Waals surface area contributed by atoms with Crippen molar-refractivity contribution in [3.8, 4) is 0 Å². The molecular weight excluding hydrogens is 260 g/mol. The molecule has 1 amide bonds. The maximum atomic E-state index is 11.7. The van der Waals surface area contributed by atoms with E-state index in [9.17, 15) is 4.79 Å². The zero-order chi connectivity index (χ0) is 13.7. The van der Waals surface area contributed by atoms with Gasteiger partial charge in [-0.25, -0.2) is 4.98 Å². The molecule has 2 aromatic rings. The number of nitrogens with one attached hydrogen (secondary N) is 1. The molecule has 0 aliphatic heterocycles. The summed E-state index contributed by atoms with van der Waals surface area (Å²) in [6.07, 6.45) is 2.79. The molecule has 19 heavy (non-hydrogen) atoms. The molecule has 0 saturated carbocycles. The Kier molecular flexibility index (Phi) is 4.46. The molecule has 2 rings (SSSR count). The molecule has 6 heteroatoms. The highest BCUT2D eigenvalue weighted by Gasteiger charge is 2.05. The lowest BCUT2D eigenvalue weighted by molar-refractivity contribution is -0.121. The van der Waals surface area contributed by atoms with E-state index in [-0.39, 0.29) is 5.91 Å². The van der Waals surface area contributed by atoms with Gasteiger partial charge in [0.25, 0.3) is 0 Å². The third kappa shape index (κ3) is 4.33. The SMILES string of the molecule is Cc1cc(CNC(=O)CCc2csc(N)n2)ccn1. The van der Waals surface area contributed by atoms with Crippen LogP contribution in [0.4, 0.5) is 5.13 Å². The molecule has 0 radical (unpaired) electrons. The molecule has 0 atom stereocenters. The van der Waals surface area contributed by atoms with E-state index in [0.717, 1.165) is 17.0 Å². The Morgan fingerprint density at radius 3 is 3.05 bits per heavy atom. The fourth-order valence-electron chi connectivity index (χ4n) is 1.68. The number of carbonyl (C=O) groups excluding carboxylic acids is 1. The summed E-state index contributed by atoms with van der Waals surface area (Å²) < 4.78 is 0. The first-order valence-electron chi connectivity index (χ1n) is 6.01. The van der Waals surface area contributed by atoms with Crippen LogP contribution in [0, 0.1) is 6.92 Å². The van der Waals surface area contributed by atoms with E-state index in [1.54, 1.807) is 6.20 Å². The second kappa shape index (κ2) is 6.29. The van der Waals surface area contributed by atoms with E-state index in [1.165, 1.54) is 11.3 Å². The topological polar surface area (TPSA) is 80.9 Å². The lowest BCUT2D eigenvalue weighted by Gasteiger charge is -2.05. The van der Waals surface area contributed by atoms with Crippen LogP contribution in [-0.4, -0.2) is 15.9 Å². The number of nitrogens with zero attached hydrogens (tertiary/aromatic N) is 2. The van der Waals surface area contributed by atoms with Gasteiger partial charge in [0, 0.05) is 30.2 Å². The number of amides is 1. The van der Waals surface area contributed by atoms with E-state index >= 15 is 0 Å². The maximum absolute atomic E-state index is 11.7. The van der Waals surface area contributed by atoms with Gasteiger partial charge in [0.1, 0.15) is 0 Å². The molecule has 0 aromatic carbocycles. The Morgan fingerprint density at radius 1 is 1.53 bits per heavy atom. The minimum absolute atomic E-state index is 0.0148. The second-order valence-corrected chi connectivity index (χ2v) is 5.15. The van der Waals surface area contributed by atoms with E-state index in [4.69, 9.17) is 5.73 Å². The first-order chi connectivity index (χ1) is 9.13. The highest BCUT2D eigenvalue weighted by atomic mass is 32.1. The number of pyridine rings is 1. The summed E-state index contributed by atoms with van der Waals surface area (Å²) >= 11 is 1.40. The lowest BCUT2D eigenvalue weighted by Crippen LogP contribution is -2.23. The molecule has 2 heterocycles. The van der Waals surface area contributed by atoms with Crippen LogP contribution >= 0.6 is 11.3 Å². The van der Waals surface area contributed by atoms with Gasteiger partial charge in [-0.05, 0) is 31.0 Å². The predicted molar refractivity (Wildman–Crippen MR) is 75.7 cm³/mol. The van der Waals surface area contributed by atoms with Crippen molar-refractivity contribution in [2.24, 2.45) is 0 Å². The third-order valence-electron chi connectivity index (χ3n) is 2.63. The van der Waals surface area contributed by atoms with Crippen molar-refractivity contribution in [3.63, 3.8) is 0 Å². The number of thiazole rings is 1. The number of aryl methyl sites for hydroxylation is 2. The third-order valence-corrected chi connectivity index (χ3v) is 3.35. The van der Waals surface area contributed by atoms with Gasteiger partial charge < -0.3 is 11.1 Å². The zero-order valence-corrected chi connectivity index (χ0v) is 11.5. The summed E-state index contributed by atoms with van der Waals surface area (Å²) in [5, 5.41) is 5.31. The standard InChI is InChI=1S/C13H16N4OS/c1-9-6-10(4-5-15-9)7-16-12(18)3-2-11-8-19-13(14)17-11/h4-6,8H,2-3,7H2,1H3,(H2,14,17)(H,16,18). The van der Waals surface area contributed by atoms with Gasteiger partial charge in [0.2, 0.25) is 5.91 Å². The quantitative estimate of drug-likeness (QED) is 0.870. The minimum Gasteiger partial charge on any atom is -0.375 e. The summed E-state index contributed by atoms with van der Waals surface area (Å²) in [4.78, 5) is 19.9. The Bertz CT molecular complexity index is 567. The van der Waals surface area contributed by atoms with Gasteiger partial charge in [0.15, 0.2) is 5.13 Å². The zero-order valence-electron chi connectivity index (χ0n) is 10.7. The summed E-state index contributed by atoms with van der Waals surface area (Å²) in [5.41, 5.74) is 8.41. The molecule has 0 aliphatic rings. The molecule has 0 aliphatic carbocycles. The Morgan fingerprint density at radius 2 is 2.37 bits per heavy atom. The van der Waals surface area contributed by atoms with Gasteiger partial charge in [-0.15, -0.1) is 11.3 Å². The monoisotopic (exact) mass is 276 g/mol. The van der Waals surface area contributed by atoms with Gasteiger partial charge >= 0.3 is 0 Å². The highest BCUT2D eigenvalue weighted by Crippen LogP contribution is 2.12. The van der Waals surface area contributed by atoms with E-state index in [1.807, 2.05) is 24.4 Å². The number of hydrogen-bond acceptors (Lipinski definition) is 5. The Hall–Kier alpha value is -1.95. The Balaban J connectivity index is 1.75. The number of carbonyl (C=O) groups is 1. The van der Waals surface area contributed by atoms with Crippen molar-refractivity contribution in [1.29, 1.82) is 0 Å². The number of hydrogen-bond donors (Lipinski definition) is 2. The van der Waals surface area contributed by atoms with Gasteiger partial charge in [-0.1, -0.05) is 0 Å². The van der Waals surface area contributed by atoms with Crippen LogP contribution in [0.15, 0.2) is 23.7 Å². The van der Waals surface area contributed by atoms with Crippen LogP contribution in [-0.2, 0) is 17.8 Å². The van der Waals surface area contributed by atoms with Crippen LogP contribution in [0.3, 0.4) is 0 Å². The summed E-state index contributed by atoms with van der Waals surface area (Å²) in [5.74, 6) is 0.0148. The van der Waals surface area contributed by atoms with Crippen LogP contribution in [0.1, 0.15) is 23.4 Å². The molecule has 0 bridgehead atoms. The average Bonchev–Trinajstić information content (AvgIpc) is 2.80. The molecule has 0 unspecified atom stereocenters. The first-order valence-corrected chi connectivity index (χ1v) is 6.89. The minimum atomic E-state index is 0.0148. The molecule has 3 N–H and O–H groups in total. The van der Waals surface area contributed by atoms with Gasteiger partial charge in [-0.2, -0.15) is 0 Å². The number of rotatable bonds is 5.